The van der Waals surface area contributed by atoms with Gasteiger partial charge in [0.25, 0.3) is 11.1 Å². The molecule has 2 N–H and O–H groups in total. The van der Waals surface area contributed by atoms with Crippen LogP contribution in [0.3, 0.4) is 0 Å². The van der Waals surface area contributed by atoms with Gasteiger partial charge < -0.3 is 18.3 Å². The van der Waals surface area contributed by atoms with E-state index in [-0.39, 0.29) is 46.8 Å². The summed E-state index contributed by atoms with van der Waals surface area (Å²) < 4.78 is 42.4. The van der Waals surface area contributed by atoms with Gasteiger partial charge >= 0.3 is 11.4 Å². The molecule has 2 heterocycles. The predicted octanol–water partition coefficient (Wildman–Crippen LogP) is 6.51. The quantitative estimate of drug-likeness (QED) is 0.0947. The van der Waals surface area contributed by atoms with Crippen molar-refractivity contribution in [3.8, 4) is 22.5 Å². The zero-order valence-electron chi connectivity index (χ0n) is 34.6. The van der Waals surface area contributed by atoms with E-state index < -0.39 is 64.0 Å². The molecule has 2 radical (unpaired) electrons. The van der Waals surface area contributed by atoms with Gasteiger partial charge in [-0.2, -0.15) is 0 Å². The largest absolute Gasteiger partial charge is 0.393 e. The van der Waals surface area contributed by atoms with Crippen molar-refractivity contribution in [3.05, 3.63) is 101 Å². The number of nitrogens with one attached hydrogen (secondary N) is 2. The number of hydrogen-bond acceptors (Lipinski definition) is 9. The first-order valence-corrected chi connectivity index (χ1v) is 24.5. The van der Waals surface area contributed by atoms with Crippen LogP contribution >= 0.6 is 0 Å². The van der Waals surface area contributed by atoms with Crippen molar-refractivity contribution >= 4 is 28.9 Å². The number of H-pyrrole nitrogens is 2. The van der Waals surface area contributed by atoms with E-state index in [0.717, 1.165) is 0 Å². The molecule has 0 aliphatic rings. The first-order chi connectivity index (χ1) is 26.1. The third-order valence-corrected chi connectivity index (χ3v) is 11.6. The minimum atomic E-state index is -1.98. The third-order valence-electron chi connectivity index (χ3n) is 8.62. The summed E-state index contributed by atoms with van der Waals surface area (Å²) in [6, 6.07) is 13.6. The van der Waals surface area contributed by atoms with E-state index >= 15 is 0 Å². The smallest absolute Gasteiger partial charge is 0.330 e. The SMILES string of the molecule is Cc1c(-c2ccccc2S(=O)c2ccccc2-c2c(C)c(=O)[nH]c(=O)n2COC(CC(C)(C)C)O[Si](C)C)n(COC(CC(C)(C)C)O[Si](C)C)c(=O)[nH]c1=O. The van der Waals surface area contributed by atoms with Gasteiger partial charge in [-0.15, -0.1) is 0 Å². The summed E-state index contributed by atoms with van der Waals surface area (Å²) >= 11 is 0. The van der Waals surface area contributed by atoms with Crippen LogP contribution in [0.4, 0.5) is 0 Å². The van der Waals surface area contributed by atoms with Gasteiger partial charge in [0.2, 0.25) is 18.1 Å². The monoisotopic (exact) mass is 824 g/mol. The second-order valence-electron chi connectivity index (χ2n) is 16.6. The molecule has 16 heteroatoms. The molecule has 2 aromatic carbocycles. The Labute approximate surface area is 334 Å². The third kappa shape index (κ3) is 11.6. The van der Waals surface area contributed by atoms with Crippen molar-refractivity contribution in [1.82, 2.24) is 19.1 Å². The van der Waals surface area contributed by atoms with E-state index in [4.69, 9.17) is 18.3 Å². The van der Waals surface area contributed by atoms with Crippen molar-refractivity contribution in [2.75, 3.05) is 0 Å². The Bertz CT molecular complexity index is 2110. The van der Waals surface area contributed by atoms with Crippen LogP contribution in [0.15, 0.2) is 77.5 Å². The first-order valence-electron chi connectivity index (χ1n) is 18.5. The molecule has 0 aliphatic carbocycles. The molecule has 0 spiro atoms. The van der Waals surface area contributed by atoms with Crippen molar-refractivity contribution in [1.29, 1.82) is 0 Å². The molecule has 2 aromatic heterocycles. The van der Waals surface area contributed by atoms with E-state index in [9.17, 15) is 23.4 Å². The van der Waals surface area contributed by atoms with Gasteiger partial charge in [0.15, 0.2) is 12.6 Å². The summed E-state index contributed by atoms with van der Waals surface area (Å²) in [5.74, 6) is 0. The second-order valence-corrected chi connectivity index (χ2v) is 22.1. The molecule has 13 nitrogen and oxygen atoms in total. The van der Waals surface area contributed by atoms with Crippen LogP contribution in [0.1, 0.15) is 65.5 Å². The van der Waals surface area contributed by atoms with Crippen LogP contribution in [0.25, 0.3) is 22.5 Å². The summed E-state index contributed by atoms with van der Waals surface area (Å²) in [5.41, 5.74) is -1.17. The molecule has 0 saturated carbocycles. The second kappa shape index (κ2) is 18.7. The molecule has 0 aliphatic heterocycles. The van der Waals surface area contributed by atoms with Crippen LogP contribution in [0, 0.1) is 24.7 Å². The van der Waals surface area contributed by atoms with E-state index in [1.54, 1.807) is 62.4 Å². The Balaban J connectivity index is 1.86. The molecule has 2 atom stereocenters. The van der Waals surface area contributed by atoms with E-state index in [2.05, 4.69) is 51.5 Å². The molecule has 4 aromatic rings. The first kappa shape index (κ1) is 44.9. The Morgan fingerprint density at radius 2 is 0.964 bits per heavy atom. The zero-order valence-corrected chi connectivity index (χ0v) is 37.4. The van der Waals surface area contributed by atoms with Crippen LogP contribution < -0.4 is 22.5 Å². The highest BCUT2D eigenvalue weighted by molar-refractivity contribution is 7.85. The number of benzene rings is 2. The Morgan fingerprint density at radius 1 is 0.625 bits per heavy atom. The summed E-state index contributed by atoms with van der Waals surface area (Å²) in [6.45, 7) is 23.1. The summed E-state index contributed by atoms with van der Waals surface area (Å²) in [4.78, 5) is 58.7. The zero-order chi connectivity index (χ0) is 41.7. The Hall–Kier alpha value is -3.78. The van der Waals surface area contributed by atoms with Gasteiger partial charge in [-0.25, -0.2) is 13.8 Å². The fraction of sp³-hybridized carbons (Fsp3) is 0.500. The lowest BCUT2D eigenvalue weighted by Crippen LogP contribution is -2.36. The summed E-state index contributed by atoms with van der Waals surface area (Å²) in [6.07, 6.45) is -0.0898. The molecule has 0 saturated heterocycles. The number of hydrogen-bond donors (Lipinski definition) is 2. The number of aromatic nitrogens is 4. The van der Waals surface area contributed by atoms with Gasteiger partial charge in [-0.1, -0.05) is 77.9 Å². The molecule has 0 fully saturated rings. The van der Waals surface area contributed by atoms with Crippen LogP contribution in [0.2, 0.25) is 26.2 Å². The maximum absolute atomic E-state index is 15.0. The van der Waals surface area contributed by atoms with Gasteiger partial charge in [-0.05, 0) is 63.0 Å². The molecular weight excluding hydrogens is 769 g/mol. The van der Waals surface area contributed by atoms with Gasteiger partial charge in [0, 0.05) is 35.1 Å². The van der Waals surface area contributed by atoms with Crippen LogP contribution in [0.5, 0.6) is 0 Å². The number of aromatic amines is 2. The fourth-order valence-corrected chi connectivity index (χ4v) is 8.88. The van der Waals surface area contributed by atoms with Gasteiger partial charge in [0.1, 0.15) is 13.5 Å². The number of rotatable bonds is 16. The summed E-state index contributed by atoms with van der Waals surface area (Å²) in [5, 5.41) is 0. The maximum Gasteiger partial charge on any atom is 0.330 e. The molecule has 4 rings (SSSR count). The van der Waals surface area contributed by atoms with Gasteiger partial charge in [0.05, 0.1) is 32.0 Å². The summed E-state index contributed by atoms with van der Waals surface area (Å²) in [7, 11) is -4.31. The molecule has 2 unspecified atom stereocenters. The number of ether oxygens (including phenoxy) is 2. The van der Waals surface area contributed by atoms with Crippen LogP contribution in [-0.2, 0) is 42.6 Å². The standard InChI is InChI=1S/C40H56N4O9SSi2/c1-25-33(43(37(47)41-35(25)45)23-50-31(52-55(9)10)21-39(3,4)5)27-17-13-15-19-29(27)54(49)30-20-16-14-18-28(30)34-26(2)36(46)42-38(48)44(34)24-51-32(53-56(11)12)22-40(6,7)8/h13-20,31-32H,21-24H2,1-12H3,(H,41,45,47)(H,42,46,48). The normalized spacial score (nSPS) is 14.0. The topological polar surface area (TPSA) is 164 Å². The van der Waals surface area contributed by atoms with E-state index in [0.29, 0.717) is 33.8 Å². The minimum Gasteiger partial charge on any atom is -0.393 e. The van der Waals surface area contributed by atoms with Crippen molar-refractivity contribution in [3.63, 3.8) is 0 Å². The maximum atomic E-state index is 15.0. The highest BCUT2D eigenvalue weighted by Crippen LogP contribution is 2.35. The highest BCUT2D eigenvalue weighted by atomic mass is 32.2. The molecule has 0 amide bonds. The van der Waals surface area contributed by atoms with E-state index in [1.807, 2.05) is 26.2 Å². The molecule has 56 heavy (non-hydrogen) atoms. The lowest BCUT2D eigenvalue weighted by molar-refractivity contribution is -0.128. The molecular formula is C40H56N4O9SSi2. The Kier molecular flexibility index (Phi) is 15.0. The van der Waals surface area contributed by atoms with Crippen molar-refractivity contribution in [2.24, 2.45) is 10.8 Å². The van der Waals surface area contributed by atoms with Crippen molar-refractivity contribution in [2.45, 2.75) is 130 Å². The molecule has 0 bridgehead atoms. The van der Waals surface area contributed by atoms with Crippen LogP contribution in [-0.4, -0.2) is 54.0 Å². The average molecular weight is 825 g/mol. The fourth-order valence-electron chi connectivity index (χ4n) is 6.16. The number of nitrogens with zero attached hydrogens (tertiary/aromatic N) is 2. The lowest BCUT2D eigenvalue weighted by atomic mass is 9.92. The lowest BCUT2D eigenvalue weighted by Gasteiger charge is -2.28. The minimum absolute atomic E-state index is 0.135. The Morgan fingerprint density at radius 3 is 1.29 bits per heavy atom. The predicted molar refractivity (Wildman–Crippen MR) is 223 cm³/mol. The average Bonchev–Trinajstić information content (AvgIpc) is 3.08. The molecule has 304 valence electrons. The van der Waals surface area contributed by atoms with Crippen molar-refractivity contribution < 1.29 is 22.5 Å². The highest BCUT2D eigenvalue weighted by Gasteiger charge is 2.27. The van der Waals surface area contributed by atoms with E-state index in [1.165, 1.54) is 9.13 Å². The van der Waals surface area contributed by atoms with Gasteiger partial charge in [-0.3, -0.25) is 28.7 Å².